The molecule has 2 rings (SSSR count). The summed E-state index contributed by atoms with van der Waals surface area (Å²) in [5.74, 6) is -2.89. The molecule has 1 N–H and O–H groups in total. The van der Waals surface area contributed by atoms with E-state index in [4.69, 9.17) is 0 Å². The number of H-pyrrole nitrogens is 1. The third-order valence-electron chi connectivity index (χ3n) is 1.82. The Morgan fingerprint density at radius 2 is 1.93 bits per heavy atom. The molecule has 0 aliphatic heterocycles. The number of nitrogens with one attached hydrogen (secondary N) is 1. The molecule has 1 heterocycles. The number of hydrogen-bond donors (Lipinski definition) is 1. The third kappa shape index (κ3) is 1.61. The maximum absolute atomic E-state index is 13.2. The van der Waals surface area contributed by atoms with Gasteiger partial charge in [-0.2, -0.15) is 5.10 Å². The molecule has 76 valence electrons. The maximum Gasteiger partial charge on any atom is 0.235 e. The minimum Gasteiger partial charge on any atom is -0.285 e. The molecule has 6 heteroatoms. The van der Waals surface area contributed by atoms with Gasteiger partial charge in [0.05, 0.1) is 5.56 Å². The highest BCUT2D eigenvalue weighted by Crippen LogP contribution is 2.14. The van der Waals surface area contributed by atoms with Gasteiger partial charge in [0.1, 0.15) is 18.0 Å². The molecule has 0 aliphatic rings. The van der Waals surface area contributed by atoms with Crippen LogP contribution in [-0.4, -0.2) is 21.0 Å². The van der Waals surface area contributed by atoms with Crippen LogP contribution in [0.25, 0.3) is 0 Å². The zero-order valence-corrected chi connectivity index (χ0v) is 7.37. The fraction of sp³-hybridized carbons (Fsp3) is 0. The van der Waals surface area contributed by atoms with E-state index in [0.717, 1.165) is 18.5 Å². The number of aromatic amines is 1. The van der Waals surface area contributed by atoms with Gasteiger partial charge in [-0.15, -0.1) is 0 Å². The van der Waals surface area contributed by atoms with Crippen LogP contribution in [0.15, 0.2) is 24.5 Å². The second-order valence-electron chi connectivity index (χ2n) is 2.76. The van der Waals surface area contributed by atoms with E-state index < -0.39 is 23.0 Å². The number of carbonyl (C=O) groups excluding carboxylic acids is 1. The van der Waals surface area contributed by atoms with Crippen LogP contribution in [0.1, 0.15) is 16.2 Å². The molecule has 1 aromatic carbocycles. The number of benzene rings is 1. The summed E-state index contributed by atoms with van der Waals surface area (Å²) in [6.07, 6.45) is 1.09. The van der Waals surface area contributed by atoms with Gasteiger partial charge in [0.25, 0.3) is 0 Å². The Morgan fingerprint density at radius 1 is 1.27 bits per heavy atom. The summed E-state index contributed by atoms with van der Waals surface area (Å²) in [4.78, 5) is 15.1. The molecule has 0 aliphatic carbocycles. The Bertz CT molecular complexity index is 476. The smallest absolute Gasteiger partial charge is 0.235 e. The topological polar surface area (TPSA) is 58.6 Å². The van der Waals surface area contributed by atoms with Crippen molar-refractivity contribution >= 4 is 5.78 Å². The van der Waals surface area contributed by atoms with Crippen LogP contribution >= 0.6 is 0 Å². The van der Waals surface area contributed by atoms with E-state index in [1.54, 1.807) is 0 Å². The number of hydrogen-bond acceptors (Lipinski definition) is 3. The zero-order chi connectivity index (χ0) is 10.8. The van der Waals surface area contributed by atoms with E-state index in [9.17, 15) is 13.6 Å². The molecule has 0 spiro atoms. The molecule has 0 radical (unpaired) electrons. The van der Waals surface area contributed by atoms with Crippen molar-refractivity contribution in [2.24, 2.45) is 0 Å². The lowest BCUT2D eigenvalue weighted by atomic mass is 10.1. The Balaban J connectivity index is 2.51. The van der Waals surface area contributed by atoms with Crippen LogP contribution in [0.4, 0.5) is 8.78 Å². The SMILES string of the molecule is O=C(c1ncn[nH]1)c1c(F)cccc1F. The lowest BCUT2D eigenvalue weighted by Crippen LogP contribution is -2.09. The monoisotopic (exact) mass is 209 g/mol. The number of nitrogens with zero attached hydrogens (tertiary/aromatic N) is 2. The second-order valence-corrected chi connectivity index (χ2v) is 2.76. The third-order valence-corrected chi connectivity index (χ3v) is 1.82. The second kappa shape index (κ2) is 3.56. The van der Waals surface area contributed by atoms with Gasteiger partial charge in [-0.3, -0.25) is 9.89 Å². The largest absolute Gasteiger partial charge is 0.285 e. The first-order chi connectivity index (χ1) is 7.20. The molecule has 0 saturated heterocycles. The van der Waals surface area contributed by atoms with Crippen molar-refractivity contribution in [3.63, 3.8) is 0 Å². The van der Waals surface area contributed by atoms with E-state index >= 15 is 0 Å². The van der Waals surface area contributed by atoms with Crippen LogP contribution in [0.2, 0.25) is 0 Å². The lowest BCUT2D eigenvalue weighted by molar-refractivity contribution is 0.102. The Labute approximate surface area is 83.0 Å². The van der Waals surface area contributed by atoms with Gasteiger partial charge in [-0.25, -0.2) is 13.8 Å². The van der Waals surface area contributed by atoms with Crippen molar-refractivity contribution in [3.05, 3.63) is 47.5 Å². The van der Waals surface area contributed by atoms with Crippen molar-refractivity contribution in [1.82, 2.24) is 15.2 Å². The molecule has 0 fully saturated rings. The zero-order valence-electron chi connectivity index (χ0n) is 7.37. The maximum atomic E-state index is 13.2. The fourth-order valence-corrected chi connectivity index (χ4v) is 1.15. The van der Waals surface area contributed by atoms with E-state index in [1.165, 1.54) is 6.07 Å². The number of carbonyl (C=O) groups is 1. The van der Waals surface area contributed by atoms with Gasteiger partial charge in [0.2, 0.25) is 5.78 Å². The predicted octanol–water partition coefficient (Wildman–Crippen LogP) is 1.31. The minimum absolute atomic E-state index is 0.195. The Morgan fingerprint density at radius 3 is 2.47 bits per heavy atom. The summed E-state index contributed by atoms with van der Waals surface area (Å²) in [6.45, 7) is 0. The van der Waals surface area contributed by atoms with Gasteiger partial charge in [-0.1, -0.05) is 6.07 Å². The van der Waals surface area contributed by atoms with Crippen molar-refractivity contribution in [2.75, 3.05) is 0 Å². The first-order valence-electron chi connectivity index (χ1n) is 4.04. The highest BCUT2D eigenvalue weighted by Gasteiger charge is 2.20. The number of ketones is 1. The Kier molecular flexibility index (Phi) is 2.24. The number of aromatic nitrogens is 3. The van der Waals surface area contributed by atoms with Crippen molar-refractivity contribution in [1.29, 1.82) is 0 Å². The highest BCUT2D eigenvalue weighted by molar-refractivity contribution is 6.06. The van der Waals surface area contributed by atoms with Crippen molar-refractivity contribution in [3.8, 4) is 0 Å². The highest BCUT2D eigenvalue weighted by atomic mass is 19.1. The standard InChI is InChI=1S/C9H5F2N3O/c10-5-2-1-3-6(11)7(5)8(15)9-12-4-13-14-9/h1-4H,(H,12,13,14). The summed E-state index contributed by atoms with van der Waals surface area (Å²) < 4.78 is 26.3. The summed E-state index contributed by atoms with van der Waals surface area (Å²) in [5.41, 5.74) is -0.630. The average molecular weight is 209 g/mol. The number of rotatable bonds is 2. The first kappa shape index (κ1) is 9.45. The van der Waals surface area contributed by atoms with Crippen molar-refractivity contribution in [2.45, 2.75) is 0 Å². The average Bonchev–Trinajstić information content (AvgIpc) is 2.69. The van der Waals surface area contributed by atoms with E-state index in [-0.39, 0.29) is 5.82 Å². The molecule has 0 amide bonds. The van der Waals surface area contributed by atoms with E-state index in [0.29, 0.717) is 0 Å². The summed E-state index contributed by atoms with van der Waals surface area (Å²) >= 11 is 0. The van der Waals surface area contributed by atoms with Crippen molar-refractivity contribution < 1.29 is 13.6 Å². The molecule has 15 heavy (non-hydrogen) atoms. The van der Waals surface area contributed by atoms with E-state index in [1.807, 2.05) is 0 Å². The molecule has 0 bridgehead atoms. The first-order valence-corrected chi connectivity index (χ1v) is 4.04. The normalized spacial score (nSPS) is 10.3. The van der Waals surface area contributed by atoms with Gasteiger partial charge in [0.15, 0.2) is 5.82 Å². The molecule has 4 nitrogen and oxygen atoms in total. The van der Waals surface area contributed by atoms with Crippen LogP contribution in [0.3, 0.4) is 0 Å². The van der Waals surface area contributed by atoms with Crippen LogP contribution < -0.4 is 0 Å². The molecule has 0 saturated carbocycles. The summed E-state index contributed by atoms with van der Waals surface area (Å²) in [6, 6.07) is 3.20. The van der Waals surface area contributed by atoms with Crippen LogP contribution in [0.5, 0.6) is 0 Å². The van der Waals surface area contributed by atoms with Gasteiger partial charge in [0, 0.05) is 0 Å². The molecule has 1 aromatic heterocycles. The van der Waals surface area contributed by atoms with Gasteiger partial charge >= 0.3 is 0 Å². The quantitative estimate of drug-likeness (QED) is 0.758. The molecule has 0 unspecified atom stereocenters. The van der Waals surface area contributed by atoms with Gasteiger partial charge in [-0.05, 0) is 12.1 Å². The lowest BCUT2D eigenvalue weighted by Gasteiger charge is -2.00. The molecule has 2 aromatic rings. The minimum atomic E-state index is -0.920. The van der Waals surface area contributed by atoms with Gasteiger partial charge < -0.3 is 0 Å². The Hall–Kier alpha value is -2.11. The summed E-state index contributed by atoms with van der Waals surface area (Å²) in [5, 5.41) is 5.67. The molecular weight excluding hydrogens is 204 g/mol. The summed E-state index contributed by atoms with van der Waals surface area (Å²) in [7, 11) is 0. The predicted molar refractivity (Wildman–Crippen MR) is 46.2 cm³/mol. The van der Waals surface area contributed by atoms with E-state index in [2.05, 4.69) is 15.2 Å². The van der Waals surface area contributed by atoms with Crippen LogP contribution in [0, 0.1) is 11.6 Å². The van der Waals surface area contributed by atoms with Crippen LogP contribution in [-0.2, 0) is 0 Å². The fourth-order valence-electron chi connectivity index (χ4n) is 1.15. The molecule has 0 atom stereocenters. The number of halogens is 2. The molecular formula is C9H5F2N3O.